The van der Waals surface area contributed by atoms with Gasteiger partial charge in [-0.25, -0.2) is 4.39 Å². The SMILES string of the molecule is CCNC(c1ccc(-c2ccc(C)c(F)c2)s1)C1CC1. The molecule has 0 aliphatic heterocycles. The summed E-state index contributed by atoms with van der Waals surface area (Å²) in [6.07, 6.45) is 2.65. The number of rotatable bonds is 5. The highest BCUT2D eigenvalue weighted by Crippen LogP contribution is 2.44. The van der Waals surface area contributed by atoms with Crippen molar-refractivity contribution in [1.82, 2.24) is 5.32 Å². The van der Waals surface area contributed by atoms with Crippen molar-refractivity contribution in [3.8, 4) is 10.4 Å². The van der Waals surface area contributed by atoms with Crippen LogP contribution in [0.5, 0.6) is 0 Å². The van der Waals surface area contributed by atoms with Gasteiger partial charge in [-0.2, -0.15) is 0 Å². The van der Waals surface area contributed by atoms with Gasteiger partial charge in [0, 0.05) is 15.8 Å². The third-order valence-corrected chi connectivity index (χ3v) is 5.12. The van der Waals surface area contributed by atoms with Crippen molar-refractivity contribution in [3.63, 3.8) is 0 Å². The fraction of sp³-hybridized carbons (Fsp3) is 0.412. The molecule has 1 atom stereocenters. The van der Waals surface area contributed by atoms with Crippen LogP contribution in [-0.2, 0) is 0 Å². The number of hydrogen-bond donors (Lipinski definition) is 1. The first-order chi connectivity index (χ1) is 9.69. The van der Waals surface area contributed by atoms with E-state index >= 15 is 0 Å². The summed E-state index contributed by atoms with van der Waals surface area (Å²) in [6, 6.07) is 10.3. The molecule has 0 saturated heterocycles. The summed E-state index contributed by atoms with van der Waals surface area (Å²) in [5, 5.41) is 3.58. The maximum Gasteiger partial charge on any atom is 0.126 e. The lowest BCUT2D eigenvalue weighted by Gasteiger charge is -2.15. The predicted octanol–water partition coefficient (Wildman–Crippen LogP) is 4.92. The van der Waals surface area contributed by atoms with Crippen molar-refractivity contribution in [3.05, 3.63) is 46.6 Å². The van der Waals surface area contributed by atoms with Crippen LogP contribution in [0.4, 0.5) is 4.39 Å². The standard InChI is InChI=1S/C17H20FNS/c1-3-19-17(12-6-7-12)16-9-8-15(20-16)13-5-4-11(2)14(18)10-13/h4-5,8-10,12,17,19H,3,6-7H2,1-2H3. The number of halogens is 1. The van der Waals surface area contributed by atoms with Crippen LogP contribution in [0.3, 0.4) is 0 Å². The third-order valence-electron chi connectivity index (χ3n) is 3.91. The van der Waals surface area contributed by atoms with E-state index in [1.165, 1.54) is 17.7 Å². The molecular formula is C17H20FNS. The first-order valence-electron chi connectivity index (χ1n) is 7.28. The molecule has 1 fully saturated rings. The summed E-state index contributed by atoms with van der Waals surface area (Å²) in [6.45, 7) is 4.94. The third kappa shape index (κ3) is 2.79. The van der Waals surface area contributed by atoms with Crippen LogP contribution in [0, 0.1) is 18.7 Å². The van der Waals surface area contributed by atoms with Crippen molar-refractivity contribution >= 4 is 11.3 Å². The summed E-state index contributed by atoms with van der Waals surface area (Å²) in [4.78, 5) is 2.53. The Bertz CT molecular complexity index is 601. The zero-order valence-corrected chi connectivity index (χ0v) is 12.8. The molecule has 1 aromatic carbocycles. The summed E-state index contributed by atoms with van der Waals surface area (Å²) >= 11 is 1.79. The Kier molecular flexibility index (Phi) is 3.90. The molecule has 0 spiro atoms. The van der Waals surface area contributed by atoms with Crippen LogP contribution in [0.15, 0.2) is 30.3 Å². The van der Waals surface area contributed by atoms with E-state index in [2.05, 4.69) is 24.4 Å². The van der Waals surface area contributed by atoms with E-state index in [9.17, 15) is 4.39 Å². The first-order valence-corrected chi connectivity index (χ1v) is 8.10. The van der Waals surface area contributed by atoms with Gasteiger partial charge in [0.15, 0.2) is 0 Å². The largest absolute Gasteiger partial charge is 0.309 e. The summed E-state index contributed by atoms with van der Waals surface area (Å²) in [5.41, 5.74) is 1.68. The van der Waals surface area contributed by atoms with E-state index in [0.29, 0.717) is 11.6 Å². The molecule has 2 aromatic rings. The molecule has 1 unspecified atom stereocenters. The monoisotopic (exact) mass is 289 g/mol. The second kappa shape index (κ2) is 5.66. The Labute approximate surface area is 123 Å². The lowest BCUT2D eigenvalue weighted by molar-refractivity contribution is 0.504. The average Bonchev–Trinajstić information content (AvgIpc) is 3.16. The maximum absolute atomic E-state index is 13.7. The summed E-state index contributed by atoms with van der Waals surface area (Å²) in [7, 11) is 0. The van der Waals surface area contributed by atoms with E-state index in [4.69, 9.17) is 0 Å². The molecule has 0 bridgehead atoms. The summed E-state index contributed by atoms with van der Waals surface area (Å²) in [5.74, 6) is 0.666. The minimum absolute atomic E-state index is 0.122. The van der Waals surface area contributed by atoms with Gasteiger partial charge in [0.1, 0.15) is 5.82 Å². The molecule has 0 radical (unpaired) electrons. The molecule has 0 amide bonds. The second-order valence-electron chi connectivity index (χ2n) is 5.54. The molecule has 3 rings (SSSR count). The van der Waals surface area contributed by atoms with Crippen LogP contribution < -0.4 is 5.32 Å². The van der Waals surface area contributed by atoms with Crippen LogP contribution in [-0.4, -0.2) is 6.54 Å². The molecule has 1 aromatic heterocycles. The predicted molar refractivity (Wildman–Crippen MR) is 83.6 cm³/mol. The van der Waals surface area contributed by atoms with Crippen LogP contribution >= 0.6 is 11.3 Å². The number of benzene rings is 1. The zero-order valence-electron chi connectivity index (χ0n) is 11.9. The van der Waals surface area contributed by atoms with Gasteiger partial charge in [-0.05, 0) is 61.6 Å². The molecule has 1 aliphatic rings. The minimum atomic E-state index is -0.122. The van der Waals surface area contributed by atoms with Crippen LogP contribution in [0.1, 0.15) is 36.2 Å². The summed E-state index contributed by atoms with van der Waals surface area (Å²) < 4.78 is 13.7. The van der Waals surface area contributed by atoms with Crippen LogP contribution in [0.2, 0.25) is 0 Å². The highest BCUT2D eigenvalue weighted by atomic mass is 32.1. The van der Waals surface area contributed by atoms with Gasteiger partial charge in [-0.3, -0.25) is 0 Å². The normalized spacial score (nSPS) is 16.4. The maximum atomic E-state index is 13.7. The molecule has 106 valence electrons. The van der Waals surface area contributed by atoms with E-state index in [-0.39, 0.29) is 5.82 Å². The van der Waals surface area contributed by atoms with Gasteiger partial charge in [0.25, 0.3) is 0 Å². The second-order valence-corrected chi connectivity index (χ2v) is 6.65. The van der Waals surface area contributed by atoms with Gasteiger partial charge >= 0.3 is 0 Å². The Morgan fingerprint density at radius 3 is 2.75 bits per heavy atom. The molecule has 20 heavy (non-hydrogen) atoms. The topological polar surface area (TPSA) is 12.0 Å². The Morgan fingerprint density at radius 2 is 2.10 bits per heavy atom. The molecule has 1 heterocycles. The number of nitrogens with one attached hydrogen (secondary N) is 1. The average molecular weight is 289 g/mol. The van der Waals surface area contributed by atoms with E-state index in [1.807, 2.05) is 12.1 Å². The van der Waals surface area contributed by atoms with E-state index < -0.39 is 0 Å². The Balaban J connectivity index is 1.86. The van der Waals surface area contributed by atoms with E-state index in [0.717, 1.165) is 22.9 Å². The Morgan fingerprint density at radius 1 is 1.30 bits per heavy atom. The van der Waals surface area contributed by atoms with Crippen molar-refractivity contribution in [1.29, 1.82) is 0 Å². The lowest BCUT2D eigenvalue weighted by Crippen LogP contribution is -2.21. The quantitative estimate of drug-likeness (QED) is 0.823. The molecular weight excluding hydrogens is 269 g/mol. The van der Waals surface area contributed by atoms with Gasteiger partial charge in [0.2, 0.25) is 0 Å². The zero-order chi connectivity index (χ0) is 14.1. The van der Waals surface area contributed by atoms with Gasteiger partial charge in [0.05, 0.1) is 0 Å². The van der Waals surface area contributed by atoms with Crippen LogP contribution in [0.25, 0.3) is 10.4 Å². The molecule has 1 saturated carbocycles. The molecule has 3 heteroatoms. The minimum Gasteiger partial charge on any atom is -0.309 e. The van der Waals surface area contributed by atoms with Crippen molar-refractivity contribution in [2.75, 3.05) is 6.54 Å². The smallest absolute Gasteiger partial charge is 0.126 e. The van der Waals surface area contributed by atoms with Gasteiger partial charge in [-0.1, -0.05) is 19.1 Å². The Hall–Kier alpha value is -1.19. The van der Waals surface area contributed by atoms with Crippen molar-refractivity contribution in [2.45, 2.75) is 32.7 Å². The van der Waals surface area contributed by atoms with Gasteiger partial charge < -0.3 is 5.32 Å². The number of hydrogen-bond acceptors (Lipinski definition) is 2. The van der Waals surface area contributed by atoms with Crippen molar-refractivity contribution in [2.24, 2.45) is 5.92 Å². The number of aryl methyl sites for hydroxylation is 1. The highest BCUT2D eigenvalue weighted by Gasteiger charge is 2.32. The number of thiophene rings is 1. The van der Waals surface area contributed by atoms with E-state index in [1.54, 1.807) is 24.3 Å². The fourth-order valence-electron chi connectivity index (χ4n) is 2.57. The fourth-order valence-corrected chi connectivity index (χ4v) is 3.74. The molecule has 1 nitrogen and oxygen atoms in total. The van der Waals surface area contributed by atoms with Gasteiger partial charge in [-0.15, -0.1) is 11.3 Å². The lowest BCUT2D eigenvalue weighted by atomic mass is 10.1. The highest BCUT2D eigenvalue weighted by molar-refractivity contribution is 7.15. The molecule has 1 N–H and O–H groups in total. The molecule has 1 aliphatic carbocycles. The van der Waals surface area contributed by atoms with Crippen molar-refractivity contribution < 1.29 is 4.39 Å². The first kappa shape index (κ1) is 13.8.